The van der Waals surface area contributed by atoms with Gasteiger partial charge in [-0.05, 0) is 35.9 Å². The van der Waals surface area contributed by atoms with Crippen LogP contribution in [0.4, 0.5) is 5.69 Å². The molecule has 0 radical (unpaired) electrons. The van der Waals surface area contributed by atoms with Crippen LogP contribution in [0.3, 0.4) is 0 Å². The van der Waals surface area contributed by atoms with Crippen LogP contribution in [0.25, 0.3) is 10.9 Å². The summed E-state index contributed by atoms with van der Waals surface area (Å²) < 4.78 is 6.79. The van der Waals surface area contributed by atoms with Gasteiger partial charge in [0.15, 0.2) is 5.69 Å². The lowest BCUT2D eigenvalue weighted by molar-refractivity contribution is -0.117. The van der Waals surface area contributed by atoms with Crippen molar-refractivity contribution in [2.24, 2.45) is 10.2 Å². The number of halogens is 2. The summed E-state index contributed by atoms with van der Waals surface area (Å²) >= 11 is 12.1. The summed E-state index contributed by atoms with van der Waals surface area (Å²) in [5.41, 5.74) is 1.95. The number of aromatic hydroxyl groups is 1. The SMILES string of the molecule is COc1ccccc1C(=O)NCC(=O)N=Nc1c(O)n(Cc2ccc(Cl)c(Cl)c2)c2ccccc12. The van der Waals surface area contributed by atoms with Crippen LogP contribution in [-0.2, 0) is 11.3 Å². The van der Waals surface area contributed by atoms with Gasteiger partial charge in [0.2, 0.25) is 5.88 Å². The Kier molecular flexibility index (Phi) is 7.33. The molecule has 0 fully saturated rings. The summed E-state index contributed by atoms with van der Waals surface area (Å²) in [6.45, 7) is -0.0786. The topological polar surface area (TPSA) is 105 Å². The average molecular weight is 511 g/mol. The largest absolute Gasteiger partial charge is 0.496 e. The third kappa shape index (κ3) is 5.29. The van der Waals surface area contributed by atoms with Gasteiger partial charge in [-0.15, -0.1) is 10.2 Å². The van der Waals surface area contributed by atoms with Gasteiger partial charge in [-0.2, -0.15) is 0 Å². The fourth-order valence-corrected chi connectivity index (χ4v) is 3.90. The quantitative estimate of drug-likeness (QED) is 0.308. The molecule has 178 valence electrons. The Labute approximate surface area is 210 Å². The van der Waals surface area contributed by atoms with Crippen molar-refractivity contribution < 1.29 is 19.4 Å². The predicted octanol–water partition coefficient (Wildman–Crippen LogP) is 5.75. The van der Waals surface area contributed by atoms with E-state index in [-0.39, 0.29) is 18.1 Å². The first kappa shape index (κ1) is 24.3. The highest BCUT2D eigenvalue weighted by atomic mass is 35.5. The summed E-state index contributed by atoms with van der Waals surface area (Å²) in [4.78, 5) is 24.7. The molecule has 0 atom stereocenters. The number of para-hydroxylation sites is 2. The Morgan fingerprint density at radius 3 is 2.54 bits per heavy atom. The number of methoxy groups -OCH3 is 1. The van der Waals surface area contributed by atoms with Crippen LogP contribution in [0.2, 0.25) is 10.0 Å². The number of fused-ring (bicyclic) bond motifs is 1. The molecule has 0 bridgehead atoms. The Morgan fingerprint density at radius 1 is 1.03 bits per heavy atom. The number of benzene rings is 3. The second-order valence-electron chi connectivity index (χ2n) is 7.50. The second kappa shape index (κ2) is 10.6. The van der Waals surface area contributed by atoms with Gasteiger partial charge in [0, 0.05) is 5.39 Å². The predicted molar refractivity (Wildman–Crippen MR) is 134 cm³/mol. The van der Waals surface area contributed by atoms with Crippen molar-refractivity contribution in [3.8, 4) is 11.6 Å². The molecular formula is C25H20Cl2N4O4. The minimum atomic E-state index is -0.686. The van der Waals surface area contributed by atoms with Gasteiger partial charge in [0.1, 0.15) is 12.3 Å². The van der Waals surface area contributed by atoms with Crippen molar-refractivity contribution in [1.29, 1.82) is 0 Å². The average Bonchev–Trinajstić information content (AvgIpc) is 3.13. The van der Waals surface area contributed by atoms with E-state index in [4.69, 9.17) is 27.9 Å². The zero-order valence-corrected chi connectivity index (χ0v) is 20.0. The number of aromatic nitrogens is 1. The third-order valence-corrected chi connectivity index (χ3v) is 5.99. The van der Waals surface area contributed by atoms with E-state index in [0.29, 0.717) is 38.8 Å². The summed E-state index contributed by atoms with van der Waals surface area (Å²) in [6.07, 6.45) is 0. The highest BCUT2D eigenvalue weighted by Gasteiger charge is 2.18. The van der Waals surface area contributed by atoms with Crippen LogP contribution in [0.5, 0.6) is 11.6 Å². The van der Waals surface area contributed by atoms with E-state index < -0.39 is 11.8 Å². The number of rotatable bonds is 7. The highest BCUT2D eigenvalue weighted by molar-refractivity contribution is 6.42. The number of azo groups is 1. The molecule has 0 aliphatic heterocycles. The van der Waals surface area contributed by atoms with E-state index in [9.17, 15) is 14.7 Å². The molecule has 2 N–H and O–H groups in total. The molecular weight excluding hydrogens is 491 g/mol. The summed E-state index contributed by atoms with van der Waals surface area (Å²) in [7, 11) is 1.45. The number of ether oxygens (including phenoxy) is 1. The monoisotopic (exact) mass is 510 g/mol. The van der Waals surface area contributed by atoms with Crippen molar-refractivity contribution in [2.75, 3.05) is 13.7 Å². The van der Waals surface area contributed by atoms with E-state index >= 15 is 0 Å². The van der Waals surface area contributed by atoms with Crippen LogP contribution in [0.1, 0.15) is 15.9 Å². The Bertz CT molecular complexity index is 1450. The Morgan fingerprint density at radius 2 is 1.77 bits per heavy atom. The highest BCUT2D eigenvalue weighted by Crippen LogP contribution is 2.39. The van der Waals surface area contributed by atoms with Crippen LogP contribution < -0.4 is 10.1 Å². The number of nitrogens with one attached hydrogen (secondary N) is 1. The van der Waals surface area contributed by atoms with Crippen molar-refractivity contribution in [2.45, 2.75) is 6.54 Å². The van der Waals surface area contributed by atoms with E-state index in [0.717, 1.165) is 5.56 Å². The molecule has 0 unspecified atom stereocenters. The molecule has 10 heteroatoms. The van der Waals surface area contributed by atoms with Crippen LogP contribution in [0.15, 0.2) is 77.0 Å². The molecule has 4 rings (SSSR count). The second-order valence-corrected chi connectivity index (χ2v) is 8.32. The fraction of sp³-hybridized carbons (Fsp3) is 0.120. The van der Waals surface area contributed by atoms with Crippen molar-refractivity contribution in [3.63, 3.8) is 0 Å². The molecule has 8 nitrogen and oxygen atoms in total. The fourth-order valence-electron chi connectivity index (χ4n) is 3.58. The van der Waals surface area contributed by atoms with E-state index in [1.807, 2.05) is 12.1 Å². The van der Waals surface area contributed by atoms with Crippen molar-refractivity contribution >= 4 is 51.6 Å². The minimum Gasteiger partial charge on any atom is -0.496 e. The maximum atomic E-state index is 12.4. The van der Waals surface area contributed by atoms with Gasteiger partial charge >= 0.3 is 0 Å². The first-order chi connectivity index (χ1) is 16.9. The van der Waals surface area contributed by atoms with E-state index in [2.05, 4.69) is 15.5 Å². The van der Waals surface area contributed by atoms with E-state index in [1.165, 1.54) is 7.11 Å². The number of hydrogen-bond acceptors (Lipinski definition) is 5. The number of hydrogen-bond donors (Lipinski definition) is 2. The number of amides is 2. The Balaban J connectivity index is 1.53. The molecule has 4 aromatic rings. The normalized spacial score (nSPS) is 11.2. The first-order valence-corrected chi connectivity index (χ1v) is 11.2. The van der Waals surface area contributed by atoms with Crippen molar-refractivity contribution in [1.82, 2.24) is 9.88 Å². The van der Waals surface area contributed by atoms with Crippen molar-refractivity contribution in [3.05, 3.63) is 87.9 Å². The number of nitrogens with zero attached hydrogens (tertiary/aromatic N) is 3. The van der Waals surface area contributed by atoms with Gasteiger partial charge in [0.25, 0.3) is 11.8 Å². The minimum absolute atomic E-state index is 0.144. The molecule has 35 heavy (non-hydrogen) atoms. The molecule has 0 saturated heterocycles. The lowest BCUT2D eigenvalue weighted by Gasteiger charge is -2.08. The molecule has 0 spiro atoms. The first-order valence-electron chi connectivity index (χ1n) is 10.5. The van der Waals surface area contributed by atoms with Gasteiger partial charge in [-0.25, -0.2) is 0 Å². The maximum absolute atomic E-state index is 12.4. The van der Waals surface area contributed by atoms with Crippen LogP contribution >= 0.6 is 23.2 Å². The third-order valence-electron chi connectivity index (χ3n) is 5.26. The lowest BCUT2D eigenvalue weighted by atomic mass is 10.2. The zero-order chi connectivity index (χ0) is 24.9. The zero-order valence-electron chi connectivity index (χ0n) is 18.5. The summed E-state index contributed by atoms with van der Waals surface area (Å²) in [6, 6.07) is 19.1. The maximum Gasteiger partial charge on any atom is 0.283 e. The molecule has 0 aliphatic rings. The van der Waals surface area contributed by atoms with E-state index in [1.54, 1.807) is 59.2 Å². The van der Waals surface area contributed by atoms with Gasteiger partial charge in [-0.1, -0.05) is 59.6 Å². The van der Waals surface area contributed by atoms with Gasteiger partial charge in [0.05, 0.1) is 34.8 Å². The number of carbonyl (C=O) groups is 2. The smallest absolute Gasteiger partial charge is 0.283 e. The summed E-state index contributed by atoms with van der Waals surface area (Å²) in [5.74, 6) is -0.938. The van der Waals surface area contributed by atoms with Crippen LogP contribution in [0, 0.1) is 0 Å². The molecule has 0 aliphatic carbocycles. The lowest BCUT2D eigenvalue weighted by Crippen LogP contribution is -2.28. The Hall–Kier alpha value is -3.88. The molecule has 0 saturated carbocycles. The molecule has 2 amide bonds. The van der Waals surface area contributed by atoms with Crippen LogP contribution in [-0.4, -0.2) is 35.1 Å². The molecule has 1 heterocycles. The number of carbonyl (C=O) groups excluding carboxylic acids is 2. The van der Waals surface area contributed by atoms with Gasteiger partial charge in [-0.3, -0.25) is 9.59 Å². The summed E-state index contributed by atoms with van der Waals surface area (Å²) in [5, 5.41) is 22.5. The van der Waals surface area contributed by atoms with Gasteiger partial charge < -0.3 is 19.7 Å². The molecule has 3 aromatic carbocycles. The standard InChI is InChI=1S/C25H20Cl2N4O4/c1-35-21-9-5-3-7-17(21)24(33)28-13-22(32)29-30-23-16-6-2-4-8-20(16)31(25(23)34)14-15-10-11-18(26)19(27)12-15/h2-12,34H,13-14H2,1H3,(H,28,33). The molecule has 1 aromatic heterocycles.